The van der Waals surface area contributed by atoms with Gasteiger partial charge >= 0.3 is 0 Å². The van der Waals surface area contributed by atoms with Crippen molar-refractivity contribution >= 4 is 35.0 Å². The summed E-state index contributed by atoms with van der Waals surface area (Å²) in [5.41, 5.74) is 1.70. The molecule has 1 aromatic heterocycles. The van der Waals surface area contributed by atoms with Crippen molar-refractivity contribution < 1.29 is 14.0 Å². The Morgan fingerprint density at radius 1 is 1.14 bits per heavy atom. The van der Waals surface area contributed by atoms with Crippen LogP contribution in [0.25, 0.3) is 0 Å². The largest absolute Gasteiger partial charge is 0.325 e. The molecule has 3 rings (SSSR count). The van der Waals surface area contributed by atoms with Crippen molar-refractivity contribution in [1.29, 1.82) is 0 Å². The molecule has 0 unspecified atom stereocenters. The average molecular weight is 399 g/mol. The van der Waals surface area contributed by atoms with E-state index >= 15 is 0 Å². The number of hydrogen-bond acceptors (Lipinski definition) is 5. The Morgan fingerprint density at radius 3 is 2.64 bits per heavy atom. The van der Waals surface area contributed by atoms with Crippen LogP contribution in [0.3, 0.4) is 0 Å². The highest BCUT2D eigenvalue weighted by Gasteiger charge is 2.11. The van der Waals surface area contributed by atoms with Gasteiger partial charge in [-0.15, -0.1) is 10.2 Å². The molecular formula is C19H18FN5O2S. The third-order valence-electron chi connectivity index (χ3n) is 3.84. The van der Waals surface area contributed by atoms with E-state index in [0.29, 0.717) is 27.7 Å². The summed E-state index contributed by atoms with van der Waals surface area (Å²) in [6, 6.07) is 11.0. The second-order valence-electron chi connectivity index (χ2n) is 6.06. The molecule has 2 amide bonds. The Balaban J connectivity index is 1.61. The van der Waals surface area contributed by atoms with Crippen LogP contribution in [0, 0.1) is 12.7 Å². The summed E-state index contributed by atoms with van der Waals surface area (Å²) < 4.78 is 15.3. The van der Waals surface area contributed by atoms with Crippen molar-refractivity contribution in [2.24, 2.45) is 7.05 Å². The lowest BCUT2D eigenvalue weighted by molar-refractivity contribution is -0.113. The first-order chi connectivity index (χ1) is 13.4. The van der Waals surface area contributed by atoms with E-state index in [9.17, 15) is 14.0 Å². The van der Waals surface area contributed by atoms with Gasteiger partial charge in [-0.05, 0) is 42.8 Å². The topological polar surface area (TPSA) is 88.9 Å². The van der Waals surface area contributed by atoms with Gasteiger partial charge in [-0.2, -0.15) is 0 Å². The molecule has 1 heterocycles. The van der Waals surface area contributed by atoms with Crippen molar-refractivity contribution in [2.75, 3.05) is 16.4 Å². The highest BCUT2D eigenvalue weighted by atomic mass is 32.2. The number of amides is 2. The second kappa shape index (κ2) is 8.66. The lowest BCUT2D eigenvalue weighted by atomic mass is 10.1. The lowest BCUT2D eigenvalue weighted by Crippen LogP contribution is -2.16. The molecule has 0 fully saturated rings. The molecule has 9 heteroatoms. The van der Waals surface area contributed by atoms with Crippen LogP contribution in [0.2, 0.25) is 0 Å². The molecule has 0 bridgehead atoms. The third-order valence-corrected chi connectivity index (χ3v) is 4.87. The number of benzene rings is 2. The number of nitrogens with zero attached hydrogens (tertiary/aromatic N) is 3. The predicted molar refractivity (Wildman–Crippen MR) is 106 cm³/mol. The van der Waals surface area contributed by atoms with E-state index in [-0.39, 0.29) is 17.5 Å². The first-order valence-corrected chi connectivity index (χ1v) is 9.35. The number of rotatable bonds is 6. The van der Waals surface area contributed by atoms with Crippen LogP contribution in [0.1, 0.15) is 15.9 Å². The molecule has 0 saturated carbocycles. The molecule has 0 atom stereocenters. The van der Waals surface area contributed by atoms with Crippen LogP contribution in [-0.2, 0) is 11.8 Å². The van der Waals surface area contributed by atoms with Crippen LogP contribution >= 0.6 is 11.8 Å². The third kappa shape index (κ3) is 4.95. The normalized spacial score (nSPS) is 10.5. The molecule has 2 aromatic carbocycles. The summed E-state index contributed by atoms with van der Waals surface area (Å²) in [4.78, 5) is 24.5. The number of aryl methyl sites for hydroxylation is 2. The fraction of sp³-hybridized carbons (Fsp3) is 0.158. The summed E-state index contributed by atoms with van der Waals surface area (Å²) in [5.74, 6) is -0.857. The summed E-state index contributed by atoms with van der Waals surface area (Å²) >= 11 is 1.26. The standard InChI is InChI=1S/C19H18FN5O2S/c1-12-6-7-15(9-16(12)20)23-18(27)13-4-3-5-14(8-13)22-17(26)10-28-19-24-21-11-25(19)2/h3-9,11H,10H2,1-2H3,(H,22,26)(H,23,27). The minimum atomic E-state index is -0.396. The molecule has 28 heavy (non-hydrogen) atoms. The van der Waals surface area contributed by atoms with Crippen LogP contribution in [-0.4, -0.2) is 32.3 Å². The molecule has 0 saturated heterocycles. The number of aromatic nitrogens is 3. The smallest absolute Gasteiger partial charge is 0.255 e. The number of halogens is 1. The van der Waals surface area contributed by atoms with E-state index < -0.39 is 5.91 Å². The number of anilines is 2. The quantitative estimate of drug-likeness (QED) is 0.621. The van der Waals surface area contributed by atoms with Gasteiger partial charge in [-0.25, -0.2) is 4.39 Å². The van der Waals surface area contributed by atoms with Crippen LogP contribution < -0.4 is 10.6 Å². The molecular weight excluding hydrogens is 381 g/mol. The second-order valence-corrected chi connectivity index (χ2v) is 7.00. The molecule has 0 radical (unpaired) electrons. The van der Waals surface area contributed by atoms with Crippen LogP contribution in [0.4, 0.5) is 15.8 Å². The number of hydrogen-bond donors (Lipinski definition) is 2. The van der Waals surface area contributed by atoms with E-state index in [1.54, 1.807) is 61.3 Å². The minimum Gasteiger partial charge on any atom is -0.325 e. The van der Waals surface area contributed by atoms with Crippen molar-refractivity contribution in [3.63, 3.8) is 0 Å². The molecule has 0 aliphatic rings. The maximum absolute atomic E-state index is 13.6. The Bertz CT molecular complexity index is 1020. The summed E-state index contributed by atoms with van der Waals surface area (Å²) in [6.07, 6.45) is 1.56. The zero-order chi connectivity index (χ0) is 20.1. The van der Waals surface area contributed by atoms with Gasteiger partial charge in [0.25, 0.3) is 5.91 Å². The number of thioether (sulfide) groups is 1. The summed E-state index contributed by atoms with van der Waals surface area (Å²) in [5, 5.41) is 13.7. The van der Waals surface area contributed by atoms with E-state index in [1.165, 1.54) is 17.8 Å². The van der Waals surface area contributed by atoms with Gasteiger partial charge in [-0.3, -0.25) is 9.59 Å². The van der Waals surface area contributed by atoms with Gasteiger partial charge in [-0.1, -0.05) is 23.9 Å². The van der Waals surface area contributed by atoms with Crippen LogP contribution in [0.15, 0.2) is 53.9 Å². The monoisotopic (exact) mass is 399 g/mol. The molecule has 0 spiro atoms. The Kier molecular flexibility index (Phi) is 6.05. The van der Waals surface area contributed by atoms with E-state index in [0.717, 1.165) is 0 Å². The lowest BCUT2D eigenvalue weighted by Gasteiger charge is -2.09. The fourth-order valence-electron chi connectivity index (χ4n) is 2.34. The molecule has 0 aliphatic carbocycles. The number of carbonyl (C=O) groups is 2. The molecule has 144 valence electrons. The van der Waals surface area contributed by atoms with Gasteiger partial charge in [0.15, 0.2) is 5.16 Å². The van der Waals surface area contributed by atoms with Gasteiger partial charge in [0.1, 0.15) is 12.1 Å². The first kappa shape index (κ1) is 19.6. The molecule has 7 nitrogen and oxygen atoms in total. The SMILES string of the molecule is Cc1ccc(NC(=O)c2cccc(NC(=O)CSc3nncn3C)c2)cc1F. The Labute approximate surface area is 165 Å². The van der Waals surface area contributed by atoms with Gasteiger partial charge in [0.05, 0.1) is 5.75 Å². The average Bonchev–Trinajstić information content (AvgIpc) is 3.08. The zero-order valence-corrected chi connectivity index (χ0v) is 16.1. The Morgan fingerprint density at radius 2 is 1.93 bits per heavy atom. The van der Waals surface area contributed by atoms with E-state index in [4.69, 9.17) is 0 Å². The predicted octanol–water partition coefficient (Wildman–Crippen LogP) is 3.25. The number of carbonyl (C=O) groups excluding carboxylic acids is 2. The van der Waals surface area contributed by atoms with Gasteiger partial charge in [0.2, 0.25) is 5.91 Å². The summed E-state index contributed by atoms with van der Waals surface area (Å²) in [6.45, 7) is 1.65. The van der Waals surface area contributed by atoms with Crippen LogP contribution in [0.5, 0.6) is 0 Å². The fourth-order valence-corrected chi connectivity index (χ4v) is 3.03. The van der Waals surface area contributed by atoms with Crippen molar-refractivity contribution in [3.05, 3.63) is 65.7 Å². The minimum absolute atomic E-state index is 0.158. The van der Waals surface area contributed by atoms with E-state index in [2.05, 4.69) is 20.8 Å². The number of nitrogens with one attached hydrogen (secondary N) is 2. The van der Waals surface area contributed by atoms with Crippen molar-refractivity contribution in [3.8, 4) is 0 Å². The zero-order valence-electron chi connectivity index (χ0n) is 15.3. The van der Waals surface area contributed by atoms with E-state index in [1.807, 2.05) is 0 Å². The first-order valence-electron chi connectivity index (χ1n) is 8.36. The van der Waals surface area contributed by atoms with Crippen molar-refractivity contribution in [1.82, 2.24) is 14.8 Å². The van der Waals surface area contributed by atoms with Gasteiger partial charge < -0.3 is 15.2 Å². The Hall–Kier alpha value is -3.20. The highest BCUT2D eigenvalue weighted by molar-refractivity contribution is 7.99. The molecule has 2 N–H and O–H groups in total. The maximum atomic E-state index is 13.6. The summed E-state index contributed by atoms with van der Waals surface area (Å²) in [7, 11) is 1.79. The highest BCUT2D eigenvalue weighted by Crippen LogP contribution is 2.18. The molecule has 3 aromatic rings. The molecule has 0 aliphatic heterocycles. The maximum Gasteiger partial charge on any atom is 0.255 e. The van der Waals surface area contributed by atoms with Crippen molar-refractivity contribution in [2.45, 2.75) is 12.1 Å². The van der Waals surface area contributed by atoms with Gasteiger partial charge in [0, 0.05) is 24.0 Å².